The van der Waals surface area contributed by atoms with E-state index in [4.69, 9.17) is 4.74 Å². The van der Waals surface area contributed by atoms with Crippen LogP contribution in [0.25, 0.3) is 0 Å². The fraction of sp³-hybridized carbons (Fsp3) is 0.350. The van der Waals surface area contributed by atoms with Crippen molar-refractivity contribution < 1.29 is 9.53 Å². The number of anilines is 2. The zero-order valence-corrected chi connectivity index (χ0v) is 14.7. The number of nitrogens with one attached hydrogen (secondary N) is 2. The minimum atomic E-state index is -0.0497. The van der Waals surface area contributed by atoms with Crippen molar-refractivity contribution in [2.75, 3.05) is 24.3 Å². The zero-order valence-electron chi connectivity index (χ0n) is 14.7. The maximum Gasteiger partial charge on any atom is 0.256 e. The van der Waals surface area contributed by atoms with Crippen LogP contribution in [-0.4, -0.2) is 19.6 Å². The second-order valence-corrected chi connectivity index (χ2v) is 6.34. The van der Waals surface area contributed by atoms with Crippen LogP contribution in [0.2, 0.25) is 0 Å². The molecular formula is C20H24N2O2. The molecule has 2 aromatic carbocycles. The van der Waals surface area contributed by atoms with Crippen LogP contribution < -0.4 is 15.4 Å². The van der Waals surface area contributed by atoms with Gasteiger partial charge in [0.05, 0.1) is 7.11 Å². The van der Waals surface area contributed by atoms with Gasteiger partial charge in [0.25, 0.3) is 5.91 Å². The van der Waals surface area contributed by atoms with Crippen LogP contribution >= 0.6 is 0 Å². The summed E-state index contributed by atoms with van der Waals surface area (Å²) in [6.45, 7) is 6.99. The van der Waals surface area contributed by atoms with Gasteiger partial charge < -0.3 is 15.4 Å². The summed E-state index contributed by atoms with van der Waals surface area (Å²) in [6, 6.07) is 7.85. The Morgan fingerprint density at radius 2 is 2.00 bits per heavy atom. The third-order valence-corrected chi connectivity index (χ3v) is 4.85. The number of carbonyl (C=O) groups excluding carboxylic acids is 1. The average molecular weight is 324 g/mol. The molecule has 0 fully saturated rings. The molecule has 0 unspecified atom stereocenters. The molecule has 2 N–H and O–H groups in total. The maximum atomic E-state index is 12.9. The molecule has 0 radical (unpaired) electrons. The summed E-state index contributed by atoms with van der Waals surface area (Å²) < 4.78 is 5.40. The van der Waals surface area contributed by atoms with Gasteiger partial charge in [-0.15, -0.1) is 0 Å². The topological polar surface area (TPSA) is 50.4 Å². The Labute approximate surface area is 143 Å². The van der Waals surface area contributed by atoms with Crippen molar-refractivity contribution in [3.05, 3.63) is 52.1 Å². The van der Waals surface area contributed by atoms with Gasteiger partial charge in [-0.3, -0.25) is 4.79 Å². The molecule has 0 saturated carbocycles. The van der Waals surface area contributed by atoms with Gasteiger partial charge in [-0.05, 0) is 74.1 Å². The SMILES string of the molecule is COc1cc(C)c(NC(=O)c2cccc3c2CCCN3)c(C)c1C. The van der Waals surface area contributed by atoms with Crippen molar-refractivity contribution >= 4 is 17.3 Å². The van der Waals surface area contributed by atoms with Gasteiger partial charge in [-0.1, -0.05) is 6.07 Å². The van der Waals surface area contributed by atoms with Crippen LogP contribution in [0.4, 0.5) is 11.4 Å². The van der Waals surface area contributed by atoms with Gasteiger partial charge in [-0.2, -0.15) is 0 Å². The summed E-state index contributed by atoms with van der Waals surface area (Å²) in [7, 11) is 1.67. The highest BCUT2D eigenvalue weighted by Crippen LogP contribution is 2.32. The van der Waals surface area contributed by atoms with Gasteiger partial charge in [0.15, 0.2) is 0 Å². The Hall–Kier alpha value is -2.49. The Balaban J connectivity index is 1.96. The third-order valence-electron chi connectivity index (χ3n) is 4.85. The monoisotopic (exact) mass is 324 g/mol. The quantitative estimate of drug-likeness (QED) is 0.888. The second-order valence-electron chi connectivity index (χ2n) is 6.34. The van der Waals surface area contributed by atoms with E-state index >= 15 is 0 Å². The minimum Gasteiger partial charge on any atom is -0.496 e. The summed E-state index contributed by atoms with van der Waals surface area (Å²) in [5.74, 6) is 0.801. The third kappa shape index (κ3) is 2.84. The van der Waals surface area contributed by atoms with E-state index in [-0.39, 0.29) is 5.91 Å². The average Bonchev–Trinajstić information content (AvgIpc) is 2.61. The number of amides is 1. The molecule has 0 aromatic heterocycles. The first kappa shape index (κ1) is 16.4. The fourth-order valence-corrected chi connectivity index (χ4v) is 3.35. The molecule has 0 atom stereocenters. The van der Waals surface area contributed by atoms with Gasteiger partial charge in [0.2, 0.25) is 0 Å². The summed E-state index contributed by atoms with van der Waals surface area (Å²) in [4.78, 5) is 12.9. The number of fused-ring (bicyclic) bond motifs is 1. The summed E-state index contributed by atoms with van der Waals surface area (Å²) in [6.07, 6.45) is 1.99. The summed E-state index contributed by atoms with van der Waals surface area (Å²) >= 11 is 0. The first-order valence-corrected chi connectivity index (χ1v) is 8.34. The molecule has 0 aliphatic carbocycles. The summed E-state index contributed by atoms with van der Waals surface area (Å²) in [5, 5.41) is 6.49. The smallest absolute Gasteiger partial charge is 0.256 e. The molecule has 24 heavy (non-hydrogen) atoms. The van der Waals surface area contributed by atoms with Gasteiger partial charge >= 0.3 is 0 Å². The van der Waals surface area contributed by atoms with Crippen molar-refractivity contribution in [3.63, 3.8) is 0 Å². The van der Waals surface area contributed by atoms with Gasteiger partial charge in [-0.25, -0.2) is 0 Å². The van der Waals surface area contributed by atoms with Gasteiger partial charge in [0, 0.05) is 23.5 Å². The van der Waals surface area contributed by atoms with E-state index in [9.17, 15) is 4.79 Å². The number of hydrogen-bond donors (Lipinski definition) is 2. The van der Waals surface area contributed by atoms with Crippen molar-refractivity contribution in [1.82, 2.24) is 0 Å². The lowest BCUT2D eigenvalue weighted by molar-refractivity contribution is 0.102. The number of methoxy groups -OCH3 is 1. The van der Waals surface area contributed by atoms with Crippen LogP contribution in [-0.2, 0) is 6.42 Å². The van der Waals surface area contributed by atoms with E-state index in [1.54, 1.807) is 7.11 Å². The van der Waals surface area contributed by atoms with E-state index in [2.05, 4.69) is 10.6 Å². The minimum absolute atomic E-state index is 0.0497. The molecule has 1 aliphatic heterocycles. The Bertz CT molecular complexity index is 797. The molecule has 2 aromatic rings. The van der Waals surface area contributed by atoms with Crippen molar-refractivity contribution in [3.8, 4) is 5.75 Å². The number of aryl methyl sites for hydroxylation is 1. The maximum absolute atomic E-state index is 12.9. The van der Waals surface area contributed by atoms with Crippen molar-refractivity contribution in [2.45, 2.75) is 33.6 Å². The second kappa shape index (κ2) is 6.56. The first-order chi connectivity index (χ1) is 11.5. The molecule has 4 heteroatoms. The number of ether oxygens (including phenoxy) is 1. The van der Waals surface area contributed by atoms with Crippen LogP contribution in [0.1, 0.15) is 39.0 Å². The Kier molecular flexibility index (Phi) is 4.47. The van der Waals surface area contributed by atoms with Crippen molar-refractivity contribution in [1.29, 1.82) is 0 Å². The van der Waals surface area contributed by atoms with E-state index in [1.807, 2.05) is 45.0 Å². The van der Waals surface area contributed by atoms with Crippen LogP contribution in [0, 0.1) is 20.8 Å². The highest BCUT2D eigenvalue weighted by molar-refractivity contribution is 6.07. The molecule has 1 heterocycles. The van der Waals surface area contributed by atoms with Crippen LogP contribution in [0.5, 0.6) is 5.75 Å². The molecule has 126 valence electrons. The molecule has 4 nitrogen and oxygen atoms in total. The normalized spacial score (nSPS) is 13.0. The number of hydrogen-bond acceptors (Lipinski definition) is 3. The van der Waals surface area contributed by atoms with E-state index in [1.165, 1.54) is 0 Å². The Morgan fingerprint density at radius 3 is 2.75 bits per heavy atom. The molecule has 1 aliphatic rings. The van der Waals surface area contributed by atoms with E-state index < -0.39 is 0 Å². The lowest BCUT2D eigenvalue weighted by Crippen LogP contribution is -2.20. The van der Waals surface area contributed by atoms with E-state index in [0.29, 0.717) is 0 Å². The molecule has 0 spiro atoms. The highest BCUT2D eigenvalue weighted by Gasteiger charge is 2.19. The number of rotatable bonds is 3. The first-order valence-electron chi connectivity index (χ1n) is 8.34. The standard InChI is InChI=1S/C20H24N2O2/c1-12-11-18(24-4)13(2)14(3)19(12)22-20(23)16-7-5-9-17-15(16)8-6-10-21-17/h5,7,9,11,21H,6,8,10H2,1-4H3,(H,22,23). The van der Waals surface area contributed by atoms with Crippen LogP contribution in [0.3, 0.4) is 0 Å². The lowest BCUT2D eigenvalue weighted by atomic mass is 9.96. The van der Waals surface area contributed by atoms with E-state index in [0.717, 1.165) is 64.3 Å². The summed E-state index contributed by atoms with van der Waals surface area (Å²) in [5.41, 5.74) is 6.92. The number of carbonyl (C=O) groups is 1. The lowest BCUT2D eigenvalue weighted by Gasteiger charge is -2.21. The predicted molar refractivity (Wildman–Crippen MR) is 98.4 cm³/mol. The molecular weight excluding hydrogens is 300 g/mol. The Morgan fingerprint density at radius 1 is 1.21 bits per heavy atom. The molecule has 0 bridgehead atoms. The number of benzene rings is 2. The van der Waals surface area contributed by atoms with Crippen LogP contribution in [0.15, 0.2) is 24.3 Å². The predicted octanol–water partition coefficient (Wildman–Crippen LogP) is 4.23. The molecule has 0 saturated heterocycles. The highest BCUT2D eigenvalue weighted by atomic mass is 16.5. The van der Waals surface area contributed by atoms with Crippen molar-refractivity contribution in [2.24, 2.45) is 0 Å². The largest absolute Gasteiger partial charge is 0.496 e. The zero-order chi connectivity index (χ0) is 17.3. The van der Waals surface area contributed by atoms with Gasteiger partial charge in [0.1, 0.15) is 5.75 Å². The molecule has 1 amide bonds. The fourth-order valence-electron chi connectivity index (χ4n) is 3.35. The molecule has 3 rings (SSSR count).